The fourth-order valence-electron chi connectivity index (χ4n) is 1.30. The predicted octanol–water partition coefficient (Wildman–Crippen LogP) is 2.52. The van der Waals surface area contributed by atoms with E-state index in [9.17, 15) is 13.2 Å². The Bertz CT molecular complexity index is 358. The molecular weight excluding hydrogens is 259 g/mol. The molecule has 0 spiro atoms. The molecule has 1 rings (SSSR count). The van der Waals surface area contributed by atoms with Crippen molar-refractivity contribution < 1.29 is 22.6 Å². The van der Waals surface area contributed by atoms with Gasteiger partial charge in [0.05, 0.1) is 7.11 Å². The molecule has 0 bridgehead atoms. The van der Waals surface area contributed by atoms with Crippen molar-refractivity contribution in [3.63, 3.8) is 0 Å². The summed E-state index contributed by atoms with van der Waals surface area (Å²) >= 11 is 0. The zero-order valence-corrected chi connectivity index (χ0v) is 9.90. The number of rotatable bonds is 4. The molecule has 0 atom stereocenters. The number of nitrogens with two attached hydrogens (primary N) is 1. The molecule has 7 heteroatoms. The molecule has 2 N–H and O–H groups in total. The predicted molar refractivity (Wildman–Crippen MR) is 59.7 cm³/mol. The van der Waals surface area contributed by atoms with Crippen LogP contribution in [-0.2, 0) is 6.42 Å². The van der Waals surface area contributed by atoms with E-state index in [0.717, 1.165) is 0 Å². The number of methoxy groups -OCH3 is 1. The Balaban J connectivity index is 0.00000256. The van der Waals surface area contributed by atoms with E-state index in [1.165, 1.54) is 25.3 Å². The highest BCUT2D eigenvalue weighted by molar-refractivity contribution is 5.85. The number of hydrogen-bond acceptors (Lipinski definition) is 3. The number of ether oxygens (including phenoxy) is 2. The van der Waals surface area contributed by atoms with Crippen molar-refractivity contribution in [3.8, 4) is 11.5 Å². The van der Waals surface area contributed by atoms with Gasteiger partial charge < -0.3 is 15.2 Å². The summed E-state index contributed by atoms with van der Waals surface area (Å²) < 4.78 is 44.7. The highest BCUT2D eigenvalue weighted by Crippen LogP contribution is 2.28. The summed E-state index contributed by atoms with van der Waals surface area (Å²) in [6.07, 6.45) is -4.26. The highest BCUT2D eigenvalue weighted by atomic mass is 35.5. The van der Waals surface area contributed by atoms with Crippen LogP contribution in [0.15, 0.2) is 18.2 Å². The Morgan fingerprint density at radius 3 is 2.41 bits per heavy atom. The van der Waals surface area contributed by atoms with Crippen molar-refractivity contribution in [3.05, 3.63) is 23.8 Å². The Kier molecular flexibility index (Phi) is 6.12. The second-order valence-electron chi connectivity index (χ2n) is 3.06. The first-order valence-corrected chi connectivity index (χ1v) is 4.59. The minimum atomic E-state index is -4.69. The van der Waals surface area contributed by atoms with Crippen LogP contribution >= 0.6 is 12.4 Å². The van der Waals surface area contributed by atoms with Crippen LogP contribution in [0.4, 0.5) is 13.2 Å². The molecule has 0 saturated carbocycles. The summed E-state index contributed by atoms with van der Waals surface area (Å²) in [4.78, 5) is 0. The average molecular weight is 272 g/mol. The topological polar surface area (TPSA) is 44.5 Å². The third-order valence-electron chi connectivity index (χ3n) is 1.90. The fraction of sp³-hybridized carbons (Fsp3) is 0.400. The number of alkyl halides is 3. The molecule has 3 nitrogen and oxygen atoms in total. The van der Waals surface area contributed by atoms with Gasteiger partial charge in [-0.15, -0.1) is 25.6 Å². The van der Waals surface area contributed by atoms with E-state index >= 15 is 0 Å². The zero-order valence-electron chi connectivity index (χ0n) is 9.08. The quantitative estimate of drug-likeness (QED) is 0.915. The molecule has 0 radical (unpaired) electrons. The van der Waals surface area contributed by atoms with Gasteiger partial charge in [0.25, 0.3) is 0 Å². The maximum absolute atomic E-state index is 12.0. The van der Waals surface area contributed by atoms with Crippen LogP contribution in [0.25, 0.3) is 0 Å². The largest absolute Gasteiger partial charge is 0.573 e. The summed E-state index contributed by atoms with van der Waals surface area (Å²) in [6, 6.07) is 3.90. The van der Waals surface area contributed by atoms with Gasteiger partial charge in [0.2, 0.25) is 0 Å². The lowest BCUT2D eigenvalue weighted by atomic mass is 10.1. The average Bonchev–Trinajstić information content (AvgIpc) is 2.16. The molecule has 1 aromatic carbocycles. The summed E-state index contributed by atoms with van der Waals surface area (Å²) in [6.45, 7) is 0.325. The van der Waals surface area contributed by atoms with Crippen molar-refractivity contribution in [2.75, 3.05) is 13.7 Å². The van der Waals surface area contributed by atoms with Crippen LogP contribution in [-0.4, -0.2) is 20.0 Å². The lowest BCUT2D eigenvalue weighted by Crippen LogP contribution is -2.17. The normalized spacial score (nSPS) is 10.6. The summed E-state index contributed by atoms with van der Waals surface area (Å²) in [7, 11) is 1.44. The minimum absolute atomic E-state index is 0. The van der Waals surface area contributed by atoms with Gasteiger partial charge in [0.15, 0.2) is 0 Å². The second kappa shape index (κ2) is 6.56. The molecule has 0 amide bonds. The lowest BCUT2D eigenvalue weighted by molar-refractivity contribution is -0.274. The minimum Gasteiger partial charge on any atom is -0.496 e. The molecule has 0 aliphatic heterocycles. The van der Waals surface area contributed by atoms with Gasteiger partial charge in [-0.2, -0.15) is 0 Å². The molecule has 0 saturated heterocycles. The molecule has 0 unspecified atom stereocenters. The van der Waals surface area contributed by atoms with Gasteiger partial charge in [-0.25, -0.2) is 0 Å². The number of hydrogen-bond donors (Lipinski definition) is 1. The van der Waals surface area contributed by atoms with Crippen molar-refractivity contribution in [1.82, 2.24) is 0 Å². The molecule has 0 aromatic heterocycles. The van der Waals surface area contributed by atoms with Crippen molar-refractivity contribution >= 4 is 12.4 Å². The molecule has 1 aromatic rings. The van der Waals surface area contributed by atoms with Gasteiger partial charge >= 0.3 is 6.36 Å². The van der Waals surface area contributed by atoms with Gasteiger partial charge in [-0.1, -0.05) is 0 Å². The third-order valence-corrected chi connectivity index (χ3v) is 1.90. The van der Waals surface area contributed by atoms with Crippen molar-refractivity contribution in [2.24, 2.45) is 5.73 Å². The highest BCUT2D eigenvalue weighted by Gasteiger charge is 2.31. The maximum atomic E-state index is 12.0. The lowest BCUT2D eigenvalue weighted by Gasteiger charge is -2.12. The summed E-state index contributed by atoms with van der Waals surface area (Å²) in [5, 5.41) is 0. The van der Waals surface area contributed by atoms with Gasteiger partial charge in [0.1, 0.15) is 11.5 Å². The standard InChI is InChI=1S/C10H12F3NO2.ClH/c1-15-9-3-2-8(16-10(11,12)13)6-7(9)4-5-14;/h2-3,6H,4-5,14H2,1H3;1H. The second-order valence-corrected chi connectivity index (χ2v) is 3.06. The van der Waals surface area contributed by atoms with Crippen LogP contribution in [0.2, 0.25) is 0 Å². The first kappa shape index (κ1) is 15.9. The molecule has 0 fully saturated rings. The van der Waals surface area contributed by atoms with E-state index in [2.05, 4.69) is 4.74 Å². The maximum Gasteiger partial charge on any atom is 0.573 e. The monoisotopic (exact) mass is 271 g/mol. The third kappa shape index (κ3) is 5.14. The fourth-order valence-corrected chi connectivity index (χ4v) is 1.30. The first-order valence-electron chi connectivity index (χ1n) is 4.59. The van der Waals surface area contributed by atoms with Gasteiger partial charge in [-0.3, -0.25) is 0 Å². The molecule has 17 heavy (non-hydrogen) atoms. The van der Waals surface area contributed by atoms with Crippen LogP contribution in [0.1, 0.15) is 5.56 Å². The van der Waals surface area contributed by atoms with E-state index in [1.807, 2.05) is 0 Å². The van der Waals surface area contributed by atoms with Gasteiger partial charge in [0, 0.05) is 0 Å². The van der Waals surface area contributed by atoms with Crippen LogP contribution in [0.5, 0.6) is 11.5 Å². The molecule has 0 aliphatic rings. The summed E-state index contributed by atoms with van der Waals surface area (Å²) in [5.41, 5.74) is 5.93. The number of halogens is 4. The SMILES string of the molecule is COc1ccc(OC(F)(F)F)cc1CCN.Cl. The molecule has 98 valence electrons. The first-order chi connectivity index (χ1) is 7.46. The van der Waals surface area contributed by atoms with E-state index in [1.54, 1.807) is 0 Å². The molecule has 0 aliphatic carbocycles. The van der Waals surface area contributed by atoms with E-state index in [4.69, 9.17) is 10.5 Å². The van der Waals surface area contributed by atoms with Crippen molar-refractivity contribution in [1.29, 1.82) is 0 Å². The smallest absolute Gasteiger partial charge is 0.496 e. The van der Waals surface area contributed by atoms with Crippen LogP contribution in [0, 0.1) is 0 Å². The Labute approximate surface area is 103 Å². The molecular formula is C10H13ClF3NO2. The molecule has 0 heterocycles. The van der Waals surface area contributed by atoms with E-state index in [-0.39, 0.29) is 18.2 Å². The Hall–Kier alpha value is -1.14. The van der Waals surface area contributed by atoms with E-state index in [0.29, 0.717) is 24.3 Å². The van der Waals surface area contributed by atoms with Crippen LogP contribution < -0.4 is 15.2 Å². The van der Waals surface area contributed by atoms with Gasteiger partial charge in [-0.05, 0) is 36.7 Å². The zero-order chi connectivity index (χ0) is 12.2. The Morgan fingerprint density at radius 1 is 1.29 bits per heavy atom. The van der Waals surface area contributed by atoms with Crippen LogP contribution in [0.3, 0.4) is 0 Å². The Morgan fingerprint density at radius 2 is 1.94 bits per heavy atom. The van der Waals surface area contributed by atoms with E-state index < -0.39 is 6.36 Å². The van der Waals surface area contributed by atoms with Crippen molar-refractivity contribution in [2.45, 2.75) is 12.8 Å². The number of benzene rings is 1. The summed E-state index contributed by atoms with van der Waals surface area (Å²) in [5.74, 6) is 0.233.